The number of carboxylic acid groups (broad SMARTS) is 1. The molecule has 19 heavy (non-hydrogen) atoms. The molecule has 3 rings (SSSR count). The van der Waals surface area contributed by atoms with Crippen molar-refractivity contribution in [3.05, 3.63) is 41.5 Å². The molecule has 3 nitrogen and oxygen atoms in total. The molecule has 0 saturated heterocycles. The van der Waals surface area contributed by atoms with Crippen LogP contribution in [0.4, 0.5) is 5.69 Å². The number of anilines is 1. The van der Waals surface area contributed by atoms with Crippen LogP contribution in [0.2, 0.25) is 0 Å². The van der Waals surface area contributed by atoms with Gasteiger partial charge in [0.2, 0.25) is 0 Å². The molecule has 1 aliphatic heterocycles. The Morgan fingerprint density at radius 3 is 2.89 bits per heavy atom. The molecule has 0 saturated carbocycles. The van der Waals surface area contributed by atoms with Gasteiger partial charge in [-0.05, 0) is 29.9 Å². The summed E-state index contributed by atoms with van der Waals surface area (Å²) < 4.78 is 0. The van der Waals surface area contributed by atoms with Gasteiger partial charge >= 0.3 is 5.97 Å². The number of rotatable bonds is 2. The van der Waals surface area contributed by atoms with Crippen molar-refractivity contribution in [1.82, 2.24) is 0 Å². The Morgan fingerprint density at radius 2 is 2.21 bits per heavy atom. The van der Waals surface area contributed by atoms with E-state index in [1.807, 2.05) is 6.07 Å². The smallest absolute Gasteiger partial charge is 0.337 e. The van der Waals surface area contributed by atoms with Crippen LogP contribution in [0, 0.1) is 11.8 Å². The fraction of sp³-hybridized carbons (Fsp3) is 0.438. The van der Waals surface area contributed by atoms with Gasteiger partial charge < -0.3 is 10.4 Å². The van der Waals surface area contributed by atoms with Crippen LogP contribution in [-0.4, -0.2) is 17.1 Å². The molecule has 1 aliphatic carbocycles. The summed E-state index contributed by atoms with van der Waals surface area (Å²) in [6.07, 6.45) is 5.55. The first-order valence-electron chi connectivity index (χ1n) is 6.89. The number of carboxylic acids is 1. The minimum absolute atomic E-state index is 0.341. The summed E-state index contributed by atoms with van der Waals surface area (Å²) in [6.45, 7) is 4.39. The summed E-state index contributed by atoms with van der Waals surface area (Å²) in [5.74, 6) is 0.550. The minimum atomic E-state index is -0.854. The molecule has 0 radical (unpaired) electrons. The summed E-state index contributed by atoms with van der Waals surface area (Å²) in [5.41, 5.74) is 2.35. The van der Waals surface area contributed by atoms with Gasteiger partial charge in [-0.25, -0.2) is 4.79 Å². The first-order valence-corrected chi connectivity index (χ1v) is 6.89. The van der Waals surface area contributed by atoms with Crippen LogP contribution in [0.15, 0.2) is 30.4 Å². The Morgan fingerprint density at radius 1 is 1.42 bits per heavy atom. The van der Waals surface area contributed by atoms with Crippen molar-refractivity contribution in [2.24, 2.45) is 11.8 Å². The van der Waals surface area contributed by atoms with Crippen molar-refractivity contribution in [3.63, 3.8) is 0 Å². The maximum Gasteiger partial charge on any atom is 0.337 e. The molecule has 100 valence electrons. The summed E-state index contributed by atoms with van der Waals surface area (Å²) in [4.78, 5) is 11.4. The van der Waals surface area contributed by atoms with Gasteiger partial charge in [-0.15, -0.1) is 0 Å². The van der Waals surface area contributed by atoms with Crippen LogP contribution in [0.3, 0.4) is 0 Å². The predicted octanol–water partition coefficient (Wildman–Crippen LogP) is 3.49. The lowest BCUT2D eigenvalue weighted by Gasteiger charge is -2.40. The lowest BCUT2D eigenvalue weighted by atomic mass is 9.75. The molecular formula is C16H19NO2. The number of para-hydroxylation sites is 1. The lowest BCUT2D eigenvalue weighted by Crippen LogP contribution is -2.40. The number of hydrogen-bond donors (Lipinski definition) is 2. The second-order valence-electron chi connectivity index (χ2n) is 5.84. The Balaban J connectivity index is 2.13. The Kier molecular flexibility index (Phi) is 2.85. The van der Waals surface area contributed by atoms with Gasteiger partial charge in [0.15, 0.2) is 0 Å². The van der Waals surface area contributed by atoms with E-state index in [1.54, 1.807) is 6.07 Å². The maximum absolute atomic E-state index is 11.4. The largest absolute Gasteiger partial charge is 0.478 e. The van der Waals surface area contributed by atoms with Crippen LogP contribution in [0.5, 0.6) is 0 Å². The highest BCUT2D eigenvalue weighted by atomic mass is 16.4. The van der Waals surface area contributed by atoms with E-state index in [1.165, 1.54) is 0 Å². The number of aromatic carboxylic acids is 1. The molecule has 0 amide bonds. The third-order valence-electron chi connectivity index (χ3n) is 4.39. The first kappa shape index (κ1) is 12.3. The SMILES string of the molecule is CC(C)[C@H]1Nc2c(C(=O)O)cccc2[C@H]2C=CC[C@H]21. The molecule has 0 aromatic heterocycles. The third kappa shape index (κ3) is 1.84. The van der Waals surface area contributed by atoms with Crippen molar-refractivity contribution in [2.75, 3.05) is 5.32 Å². The van der Waals surface area contributed by atoms with Crippen LogP contribution in [0.1, 0.15) is 42.1 Å². The average molecular weight is 257 g/mol. The quantitative estimate of drug-likeness (QED) is 0.797. The van der Waals surface area contributed by atoms with Crippen LogP contribution in [0.25, 0.3) is 0 Å². The number of carbonyl (C=O) groups is 1. The topological polar surface area (TPSA) is 49.3 Å². The van der Waals surface area contributed by atoms with Crippen molar-refractivity contribution < 1.29 is 9.90 Å². The van der Waals surface area contributed by atoms with E-state index in [2.05, 4.69) is 37.4 Å². The van der Waals surface area contributed by atoms with Crippen molar-refractivity contribution in [1.29, 1.82) is 0 Å². The fourth-order valence-electron chi connectivity index (χ4n) is 3.50. The predicted molar refractivity (Wildman–Crippen MR) is 75.6 cm³/mol. The Hall–Kier alpha value is -1.77. The van der Waals surface area contributed by atoms with E-state index in [9.17, 15) is 9.90 Å². The number of allylic oxidation sites excluding steroid dienone is 2. The van der Waals surface area contributed by atoms with Gasteiger partial charge in [-0.1, -0.05) is 38.1 Å². The number of hydrogen-bond acceptors (Lipinski definition) is 2. The number of fused-ring (bicyclic) bond motifs is 3. The normalized spacial score (nSPS) is 27.8. The van der Waals surface area contributed by atoms with E-state index in [4.69, 9.17) is 0 Å². The van der Waals surface area contributed by atoms with Gasteiger partial charge in [-0.2, -0.15) is 0 Å². The Bertz CT molecular complexity index is 548. The van der Waals surface area contributed by atoms with Gasteiger partial charge in [-0.3, -0.25) is 0 Å². The van der Waals surface area contributed by atoms with Gasteiger partial charge in [0.1, 0.15) is 0 Å². The zero-order valence-corrected chi connectivity index (χ0v) is 11.3. The second-order valence-corrected chi connectivity index (χ2v) is 5.84. The molecule has 1 aromatic carbocycles. The highest BCUT2D eigenvalue weighted by Crippen LogP contribution is 2.47. The van der Waals surface area contributed by atoms with Crippen LogP contribution in [-0.2, 0) is 0 Å². The van der Waals surface area contributed by atoms with E-state index in [-0.39, 0.29) is 0 Å². The molecule has 0 bridgehead atoms. The molecule has 2 N–H and O–H groups in total. The van der Waals surface area contributed by atoms with E-state index < -0.39 is 5.97 Å². The molecule has 0 unspecified atom stereocenters. The molecular weight excluding hydrogens is 238 g/mol. The number of nitrogens with one attached hydrogen (secondary N) is 1. The highest BCUT2D eigenvalue weighted by molar-refractivity contribution is 5.95. The molecule has 3 heteroatoms. The summed E-state index contributed by atoms with van der Waals surface area (Å²) in [7, 11) is 0. The van der Waals surface area contributed by atoms with Gasteiger partial charge in [0.05, 0.1) is 11.3 Å². The maximum atomic E-state index is 11.4. The van der Waals surface area contributed by atoms with Gasteiger partial charge in [0, 0.05) is 12.0 Å². The third-order valence-corrected chi connectivity index (χ3v) is 4.39. The number of benzene rings is 1. The van der Waals surface area contributed by atoms with E-state index in [0.717, 1.165) is 17.7 Å². The van der Waals surface area contributed by atoms with Crippen molar-refractivity contribution in [2.45, 2.75) is 32.2 Å². The molecule has 0 spiro atoms. The average Bonchev–Trinajstić information content (AvgIpc) is 2.85. The fourth-order valence-corrected chi connectivity index (χ4v) is 3.50. The van der Waals surface area contributed by atoms with Crippen LogP contribution < -0.4 is 5.32 Å². The zero-order chi connectivity index (χ0) is 13.6. The molecule has 1 aromatic rings. The molecule has 1 heterocycles. The lowest BCUT2D eigenvalue weighted by molar-refractivity contribution is 0.0697. The molecule has 3 atom stereocenters. The summed E-state index contributed by atoms with van der Waals surface area (Å²) >= 11 is 0. The minimum Gasteiger partial charge on any atom is -0.478 e. The monoisotopic (exact) mass is 257 g/mol. The van der Waals surface area contributed by atoms with Crippen molar-refractivity contribution in [3.8, 4) is 0 Å². The van der Waals surface area contributed by atoms with Gasteiger partial charge in [0.25, 0.3) is 0 Å². The first-order chi connectivity index (χ1) is 9.09. The van der Waals surface area contributed by atoms with Crippen molar-refractivity contribution >= 4 is 11.7 Å². The van der Waals surface area contributed by atoms with Crippen LogP contribution >= 0.6 is 0 Å². The molecule has 0 fully saturated rings. The highest BCUT2D eigenvalue weighted by Gasteiger charge is 2.39. The Labute approximate surface area is 113 Å². The van der Waals surface area contributed by atoms with E-state index in [0.29, 0.717) is 29.4 Å². The zero-order valence-electron chi connectivity index (χ0n) is 11.3. The van der Waals surface area contributed by atoms with E-state index >= 15 is 0 Å². The summed E-state index contributed by atoms with van der Waals surface area (Å²) in [5, 5.41) is 12.8. The standard InChI is InChI=1S/C16H19NO2/c1-9(2)14-11-6-3-5-10(11)12-7-4-8-13(16(18)19)15(12)17-14/h3-5,7-11,14,17H,6H2,1-2H3,(H,18,19)/t10-,11+,14+/m0/s1. The summed E-state index contributed by atoms with van der Waals surface area (Å²) in [6, 6.07) is 5.93. The molecule has 2 aliphatic rings. The second kappa shape index (κ2) is 4.41.